The smallest absolute Gasteiger partial charge is 0.227 e. The molecule has 0 aliphatic carbocycles. The van der Waals surface area contributed by atoms with E-state index >= 15 is 0 Å². The highest BCUT2D eigenvalue weighted by Gasteiger charge is 2.26. The van der Waals surface area contributed by atoms with Crippen LogP contribution in [0.25, 0.3) is 0 Å². The van der Waals surface area contributed by atoms with Crippen molar-refractivity contribution in [1.29, 1.82) is 0 Å². The van der Waals surface area contributed by atoms with Gasteiger partial charge in [-0.1, -0.05) is 29.8 Å². The highest BCUT2D eigenvalue weighted by Crippen LogP contribution is 2.27. The largest absolute Gasteiger partial charge is 0.326 e. The van der Waals surface area contributed by atoms with Crippen molar-refractivity contribution in [3.05, 3.63) is 58.6 Å². The van der Waals surface area contributed by atoms with E-state index in [9.17, 15) is 9.59 Å². The van der Waals surface area contributed by atoms with Crippen molar-refractivity contribution in [2.45, 2.75) is 26.2 Å². The Balaban J connectivity index is 1.57. The van der Waals surface area contributed by atoms with E-state index in [1.54, 1.807) is 12.1 Å². The lowest BCUT2D eigenvalue weighted by atomic mass is 9.89. The van der Waals surface area contributed by atoms with Crippen molar-refractivity contribution in [2.24, 2.45) is 5.92 Å². The van der Waals surface area contributed by atoms with Gasteiger partial charge in [-0.25, -0.2) is 0 Å². The number of halogens is 1. The minimum absolute atomic E-state index is 0.0100. The van der Waals surface area contributed by atoms with Gasteiger partial charge in [0.15, 0.2) is 0 Å². The molecule has 4 nitrogen and oxygen atoms in total. The first-order valence-corrected chi connectivity index (χ1v) is 8.35. The molecule has 2 N–H and O–H groups in total. The zero-order valence-electron chi connectivity index (χ0n) is 13.4. The van der Waals surface area contributed by atoms with Crippen LogP contribution >= 0.6 is 11.6 Å². The molecule has 0 saturated carbocycles. The zero-order chi connectivity index (χ0) is 17.1. The maximum atomic E-state index is 12.2. The molecule has 1 atom stereocenters. The predicted octanol–water partition coefficient (Wildman–Crippen LogP) is 4.18. The molecule has 0 spiro atoms. The minimum Gasteiger partial charge on any atom is -0.326 e. The van der Waals surface area contributed by atoms with Gasteiger partial charge >= 0.3 is 0 Å². The number of para-hydroxylation sites is 1. The third-order valence-corrected chi connectivity index (χ3v) is 4.53. The lowest BCUT2D eigenvalue weighted by Gasteiger charge is -2.24. The summed E-state index contributed by atoms with van der Waals surface area (Å²) in [6.07, 6.45) is 1.51. The van der Waals surface area contributed by atoms with Crippen LogP contribution in [0.3, 0.4) is 0 Å². The van der Waals surface area contributed by atoms with Crippen molar-refractivity contribution in [1.82, 2.24) is 0 Å². The first-order valence-electron chi connectivity index (χ1n) is 7.97. The number of hydrogen-bond acceptors (Lipinski definition) is 2. The SMILES string of the molecule is Cc1cc(Cl)ccc1NC(=O)CC[C@H]1Cc2ccccc2NC1=O. The molecule has 24 heavy (non-hydrogen) atoms. The highest BCUT2D eigenvalue weighted by atomic mass is 35.5. The fraction of sp³-hybridized carbons (Fsp3) is 0.263. The second-order valence-electron chi connectivity index (χ2n) is 6.09. The van der Waals surface area contributed by atoms with Gasteiger partial charge in [0.05, 0.1) is 0 Å². The van der Waals surface area contributed by atoms with Gasteiger partial charge < -0.3 is 10.6 Å². The van der Waals surface area contributed by atoms with Crippen LogP contribution in [0.1, 0.15) is 24.0 Å². The standard InChI is InChI=1S/C19H19ClN2O2/c1-12-10-15(20)7-8-16(12)21-18(23)9-6-14-11-13-4-2-3-5-17(13)22-19(14)24/h2-5,7-8,10,14H,6,9,11H2,1H3,(H,21,23)(H,22,24)/t14-/m0/s1. The van der Waals surface area contributed by atoms with Gasteiger partial charge in [-0.15, -0.1) is 0 Å². The summed E-state index contributed by atoms with van der Waals surface area (Å²) >= 11 is 5.92. The summed E-state index contributed by atoms with van der Waals surface area (Å²) in [5.41, 5.74) is 3.67. The number of amides is 2. The van der Waals surface area contributed by atoms with Gasteiger partial charge in [0.1, 0.15) is 0 Å². The lowest BCUT2D eigenvalue weighted by molar-refractivity contribution is -0.121. The summed E-state index contributed by atoms with van der Waals surface area (Å²) < 4.78 is 0. The summed E-state index contributed by atoms with van der Waals surface area (Å²) in [6.45, 7) is 1.90. The fourth-order valence-corrected chi connectivity index (χ4v) is 3.16. The van der Waals surface area contributed by atoms with Crippen molar-refractivity contribution in [3.8, 4) is 0 Å². The van der Waals surface area contributed by atoms with Gasteiger partial charge in [-0.3, -0.25) is 9.59 Å². The topological polar surface area (TPSA) is 58.2 Å². The number of carbonyl (C=O) groups excluding carboxylic acids is 2. The molecule has 1 heterocycles. The molecule has 2 amide bonds. The van der Waals surface area contributed by atoms with Crippen LogP contribution < -0.4 is 10.6 Å². The zero-order valence-corrected chi connectivity index (χ0v) is 14.2. The van der Waals surface area contributed by atoms with E-state index < -0.39 is 0 Å². The van der Waals surface area contributed by atoms with Crippen molar-refractivity contribution in [3.63, 3.8) is 0 Å². The van der Waals surface area contributed by atoms with Crippen LogP contribution in [-0.2, 0) is 16.0 Å². The second kappa shape index (κ2) is 7.05. The molecule has 0 saturated heterocycles. The molecule has 1 aliphatic heterocycles. The number of rotatable bonds is 4. The Morgan fingerprint density at radius 1 is 1.29 bits per heavy atom. The van der Waals surface area contributed by atoms with Crippen LogP contribution in [0.5, 0.6) is 0 Å². The third-order valence-electron chi connectivity index (χ3n) is 4.29. The van der Waals surface area contributed by atoms with E-state index in [0.29, 0.717) is 24.3 Å². The van der Waals surface area contributed by atoms with Crippen molar-refractivity contribution >= 4 is 34.8 Å². The summed E-state index contributed by atoms with van der Waals surface area (Å²) in [4.78, 5) is 24.3. The number of carbonyl (C=O) groups is 2. The number of anilines is 2. The predicted molar refractivity (Wildman–Crippen MR) is 96.3 cm³/mol. The van der Waals surface area contributed by atoms with Gasteiger partial charge in [0.2, 0.25) is 11.8 Å². The summed E-state index contributed by atoms with van der Waals surface area (Å²) in [7, 11) is 0. The Bertz CT molecular complexity index is 789. The molecular formula is C19H19ClN2O2. The maximum absolute atomic E-state index is 12.2. The molecule has 0 radical (unpaired) electrons. The van der Waals surface area contributed by atoms with Gasteiger partial charge in [0, 0.05) is 28.7 Å². The molecule has 2 aromatic carbocycles. The van der Waals surface area contributed by atoms with Crippen molar-refractivity contribution in [2.75, 3.05) is 10.6 Å². The van der Waals surface area contributed by atoms with E-state index in [1.807, 2.05) is 37.3 Å². The van der Waals surface area contributed by atoms with Crippen LogP contribution in [-0.4, -0.2) is 11.8 Å². The Morgan fingerprint density at radius 3 is 2.88 bits per heavy atom. The Labute approximate surface area is 146 Å². The normalized spacial score (nSPS) is 16.2. The molecule has 0 bridgehead atoms. The second-order valence-corrected chi connectivity index (χ2v) is 6.53. The van der Waals surface area contributed by atoms with E-state index in [4.69, 9.17) is 11.6 Å². The first-order chi connectivity index (χ1) is 11.5. The Kier molecular flexibility index (Phi) is 4.86. The molecule has 3 rings (SSSR count). The Morgan fingerprint density at radius 2 is 2.08 bits per heavy atom. The summed E-state index contributed by atoms with van der Waals surface area (Å²) in [6, 6.07) is 13.1. The summed E-state index contributed by atoms with van der Waals surface area (Å²) in [5.74, 6) is -0.270. The van der Waals surface area contributed by atoms with E-state index in [0.717, 1.165) is 22.5 Å². The van der Waals surface area contributed by atoms with Crippen LogP contribution in [0, 0.1) is 12.8 Å². The quantitative estimate of drug-likeness (QED) is 0.875. The molecule has 5 heteroatoms. The average Bonchev–Trinajstić information content (AvgIpc) is 2.55. The van der Waals surface area contributed by atoms with E-state index in [2.05, 4.69) is 10.6 Å². The molecule has 0 aromatic heterocycles. The number of aryl methyl sites for hydroxylation is 1. The van der Waals surface area contributed by atoms with Crippen molar-refractivity contribution < 1.29 is 9.59 Å². The molecular weight excluding hydrogens is 324 g/mol. The lowest BCUT2D eigenvalue weighted by Crippen LogP contribution is -2.30. The average molecular weight is 343 g/mol. The van der Waals surface area contributed by atoms with Gasteiger partial charge in [0.25, 0.3) is 0 Å². The summed E-state index contributed by atoms with van der Waals surface area (Å²) in [5, 5.41) is 6.44. The van der Waals surface area contributed by atoms with Crippen LogP contribution in [0.4, 0.5) is 11.4 Å². The molecule has 0 fully saturated rings. The molecule has 2 aromatic rings. The highest BCUT2D eigenvalue weighted by molar-refractivity contribution is 6.30. The first kappa shape index (κ1) is 16.5. The minimum atomic E-state index is -0.169. The Hall–Kier alpha value is -2.33. The van der Waals surface area contributed by atoms with E-state index in [-0.39, 0.29) is 17.7 Å². The number of hydrogen-bond donors (Lipinski definition) is 2. The number of fused-ring (bicyclic) bond motifs is 1. The van der Waals surface area contributed by atoms with Crippen LogP contribution in [0.15, 0.2) is 42.5 Å². The van der Waals surface area contributed by atoms with E-state index in [1.165, 1.54) is 0 Å². The number of nitrogens with one attached hydrogen (secondary N) is 2. The number of benzene rings is 2. The third kappa shape index (κ3) is 3.77. The van der Waals surface area contributed by atoms with Gasteiger partial charge in [-0.2, -0.15) is 0 Å². The maximum Gasteiger partial charge on any atom is 0.227 e. The van der Waals surface area contributed by atoms with Crippen LogP contribution in [0.2, 0.25) is 5.02 Å². The molecule has 0 unspecified atom stereocenters. The monoisotopic (exact) mass is 342 g/mol. The van der Waals surface area contributed by atoms with Gasteiger partial charge in [-0.05, 0) is 55.2 Å². The fourth-order valence-electron chi connectivity index (χ4n) is 2.93. The molecule has 124 valence electrons. The molecule has 1 aliphatic rings.